The van der Waals surface area contributed by atoms with Gasteiger partial charge in [-0.25, -0.2) is 4.98 Å². The molecule has 0 radical (unpaired) electrons. The van der Waals surface area contributed by atoms with Crippen molar-refractivity contribution in [2.24, 2.45) is 0 Å². The molecule has 1 heterocycles. The number of methoxy groups -OCH3 is 1. The van der Waals surface area contributed by atoms with Crippen LogP contribution in [0.3, 0.4) is 0 Å². The molecule has 1 N–H and O–H groups in total. The van der Waals surface area contributed by atoms with Gasteiger partial charge in [0.15, 0.2) is 5.15 Å². The molecular formula is C19H17ClN2O3. The molecule has 0 aliphatic carbocycles. The summed E-state index contributed by atoms with van der Waals surface area (Å²) < 4.78 is 7.24. The largest absolute Gasteiger partial charge is 0.496 e. The fourth-order valence-electron chi connectivity index (χ4n) is 2.75. The molecule has 1 aromatic heterocycles. The van der Waals surface area contributed by atoms with Crippen LogP contribution in [0.2, 0.25) is 5.15 Å². The van der Waals surface area contributed by atoms with E-state index in [0.29, 0.717) is 18.1 Å². The Bertz CT molecular complexity index is 891. The van der Waals surface area contributed by atoms with Crippen LogP contribution in [0.4, 0.5) is 0 Å². The van der Waals surface area contributed by atoms with Crippen molar-refractivity contribution >= 4 is 17.6 Å². The van der Waals surface area contributed by atoms with E-state index in [1.54, 1.807) is 7.11 Å². The first-order valence-corrected chi connectivity index (χ1v) is 8.12. The number of imidazole rings is 1. The number of benzene rings is 2. The quantitative estimate of drug-likeness (QED) is 0.727. The lowest BCUT2D eigenvalue weighted by Crippen LogP contribution is -2.11. The Balaban J connectivity index is 2.13. The van der Waals surface area contributed by atoms with Gasteiger partial charge < -0.3 is 14.4 Å². The van der Waals surface area contributed by atoms with Crippen molar-refractivity contribution in [3.05, 3.63) is 71.0 Å². The van der Waals surface area contributed by atoms with Gasteiger partial charge in [0.05, 0.1) is 25.8 Å². The van der Waals surface area contributed by atoms with Gasteiger partial charge in [-0.15, -0.1) is 0 Å². The first-order valence-electron chi connectivity index (χ1n) is 7.74. The van der Waals surface area contributed by atoms with E-state index < -0.39 is 5.97 Å². The topological polar surface area (TPSA) is 64.4 Å². The molecule has 3 rings (SSSR count). The van der Waals surface area contributed by atoms with Gasteiger partial charge in [-0.05, 0) is 6.07 Å². The summed E-state index contributed by atoms with van der Waals surface area (Å²) in [6.07, 6.45) is -0.201. The van der Waals surface area contributed by atoms with E-state index >= 15 is 0 Å². The molecule has 0 saturated heterocycles. The van der Waals surface area contributed by atoms with Crippen molar-refractivity contribution < 1.29 is 14.6 Å². The predicted molar refractivity (Wildman–Crippen MR) is 96.1 cm³/mol. The van der Waals surface area contributed by atoms with Crippen LogP contribution < -0.4 is 4.74 Å². The van der Waals surface area contributed by atoms with E-state index in [2.05, 4.69) is 4.98 Å². The molecule has 0 fully saturated rings. The lowest BCUT2D eigenvalue weighted by atomic mass is 10.1. The number of ether oxygens (including phenoxy) is 1. The predicted octanol–water partition coefficient (Wildman–Crippen LogP) is 3.89. The Kier molecular flexibility index (Phi) is 5.05. The van der Waals surface area contributed by atoms with Crippen LogP contribution >= 0.6 is 11.6 Å². The van der Waals surface area contributed by atoms with E-state index in [0.717, 1.165) is 16.9 Å². The van der Waals surface area contributed by atoms with E-state index in [-0.39, 0.29) is 11.6 Å². The Labute approximate surface area is 150 Å². The number of nitrogens with zero attached hydrogens (tertiary/aromatic N) is 2. The molecule has 0 atom stereocenters. The maximum Gasteiger partial charge on any atom is 0.309 e. The number of para-hydroxylation sites is 1. The number of aromatic nitrogens is 2. The second-order valence-electron chi connectivity index (χ2n) is 5.51. The van der Waals surface area contributed by atoms with Crippen molar-refractivity contribution in [3.8, 4) is 17.1 Å². The Morgan fingerprint density at radius 1 is 1.16 bits per heavy atom. The molecule has 0 bridgehead atoms. The van der Waals surface area contributed by atoms with Gasteiger partial charge in [-0.1, -0.05) is 60.1 Å². The van der Waals surface area contributed by atoms with E-state index in [4.69, 9.17) is 16.3 Å². The standard InChI is InChI=1S/C19H17ClN2O3/c1-25-16-10-6-5-9-14(16)12-22-15(11-17(23)24)18(20)21-19(22)13-7-3-2-4-8-13/h2-10H,11-12H2,1H3,(H,23,24). The van der Waals surface area contributed by atoms with Gasteiger partial charge in [-0.3, -0.25) is 4.79 Å². The molecule has 5 nitrogen and oxygen atoms in total. The highest BCUT2D eigenvalue weighted by Crippen LogP contribution is 2.29. The van der Waals surface area contributed by atoms with Crippen molar-refractivity contribution in [2.75, 3.05) is 7.11 Å². The molecule has 0 aliphatic rings. The number of carboxylic acid groups (broad SMARTS) is 1. The minimum atomic E-state index is -0.956. The van der Waals surface area contributed by atoms with Gasteiger partial charge in [0.1, 0.15) is 11.6 Å². The molecule has 6 heteroatoms. The summed E-state index contributed by atoms with van der Waals surface area (Å²) in [7, 11) is 1.61. The summed E-state index contributed by atoms with van der Waals surface area (Å²) in [6, 6.07) is 17.2. The Morgan fingerprint density at radius 2 is 1.84 bits per heavy atom. The fraction of sp³-hybridized carbons (Fsp3) is 0.158. The molecular weight excluding hydrogens is 340 g/mol. The second kappa shape index (κ2) is 7.40. The zero-order valence-corrected chi connectivity index (χ0v) is 14.4. The molecule has 0 aliphatic heterocycles. The average Bonchev–Trinajstić information content (AvgIpc) is 2.92. The second-order valence-corrected chi connectivity index (χ2v) is 5.87. The third-order valence-corrected chi connectivity index (χ3v) is 4.20. The van der Waals surface area contributed by atoms with Crippen LogP contribution in [0, 0.1) is 0 Å². The van der Waals surface area contributed by atoms with Gasteiger partial charge in [0.25, 0.3) is 0 Å². The zero-order valence-electron chi connectivity index (χ0n) is 13.6. The summed E-state index contributed by atoms with van der Waals surface area (Å²) in [4.78, 5) is 15.7. The van der Waals surface area contributed by atoms with Gasteiger partial charge in [0, 0.05) is 11.1 Å². The summed E-state index contributed by atoms with van der Waals surface area (Å²) in [5, 5.41) is 9.44. The molecule has 0 unspecified atom stereocenters. The monoisotopic (exact) mass is 356 g/mol. The maximum absolute atomic E-state index is 11.3. The molecule has 3 aromatic rings. The van der Waals surface area contributed by atoms with Gasteiger partial charge in [0.2, 0.25) is 0 Å². The minimum Gasteiger partial charge on any atom is -0.496 e. The Hall–Kier alpha value is -2.79. The lowest BCUT2D eigenvalue weighted by Gasteiger charge is -2.14. The van der Waals surface area contributed by atoms with E-state index in [1.807, 2.05) is 59.2 Å². The molecule has 0 spiro atoms. The van der Waals surface area contributed by atoms with Crippen molar-refractivity contribution in [1.82, 2.24) is 9.55 Å². The maximum atomic E-state index is 11.3. The van der Waals surface area contributed by atoms with Crippen LogP contribution in [-0.4, -0.2) is 27.7 Å². The van der Waals surface area contributed by atoms with Crippen LogP contribution in [-0.2, 0) is 17.8 Å². The number of hydrogen-bond acceptors (Lipinski definition) is 3. The molecule has 0 saturated carbocycles. The normalized spacial score (nSPS) is 10.6. The summed E-state index contributed by atoms with van der Waals surface area (Å²) in [5.74, 6) is 0.406. The van der Waals surface area contributed by atoms with E-state index in [1.165, 1.54) is 0 Å². The fourth-order valence-corrected chi connectivity index (χ4v) is 3.00. The SMILES string of the molecule is COc1ccccc1Cn1c(-c2ccccc2)nc(Cl)c1CC(=O)O. The van der Waals surface area contributed by atoms with Gasteiger partial charge in [-0.2, -0.15) is 0 Å². The average molecular weight is 357 g/mol. The zero-order chi connectivity index (χ0) is 17.8. The first kappa shape index (κ1) is 17.0. The third-order valence-electron chi connectivity index (χ3n) is 3.90. The van der Waals surface area contributed by atoms with Gasteiger partial charge >= 0.3 is 5.97 Å². The van der Waals surface area contributed by atoms with Crippen LogP contribution in [0.5, 0.6) is 5.75 Å². The molecule has 0 amide bonds. The minimum absolute atomic E-state index is 0.201. The number of halogens is 1. The molecule has 25 heavy (non-hydrogen) atoms. The molecule has 2 aromatic carbocycles. The summed E-state index contributed by atoms with van der Waals surface area (Å²) >= 11 is 6.26. The first-order chi connectivity index (χ1) is 12.1. The van der Waals surface area contributed by atoms with Crippen LogP contribution in [0.1, 0.15) is 11.3 Å². The number of carbonyl (C=O) groups is 1. The third kappa shape index (κ3) is 3.67. The highest BCUT2D eigenvalue weighted by Gasteiger charge is 2.20. The smallest absolute Gasteiger partial charge is 0.309 e. The number of carboxylic acids is 1. The highest BCUT2D eigenvalue weighted by atomic mass is 35.5. The number of hydrogen-bond donors (Lipinski definition) is 1. The molecule has 128 valence electrons. The summed E-state index contributed by atoms with van der Waals surface area (Å²) in [5.41, 5.74) is 2.26. The van der Waals surface area contributed by atoms with Crippen LogP contribution in [0.25, 0.3) is 11.4 Å². The highest BCUT2D eigenvalue weighted by molar-refractivity contribution is 6.30. The van der Waals surface area contributed by atoms with Crippen molar-refractivity contribution in [3.63, 3.8) is 0 Å². The lowest BCUT2D eigenvalue weighted by molar-refractivity contribution is -0.136. The van der Waals surface area contributed by atoms with Crippen LogP contribution in [0.15, 0.2) is 54.6 Å². The van der Waals surface area contributed by atoms with Crippen molar-refractivity contribution in [2.45, 2.75) is 13.0 Å². The summed E-state index contributed by atoms with van der Waals surface area (Å²) in [6.45, 7) is 0.413. The number of aliphatic carboxylic acids is 1. The Morgan fingerprint density at radius 3 is 2.52 bits per heavy atom. The number of rotatable bonds is 6. The van der Waals surface area contributed by atoms with E-state index in [9.17, 15) is 9.90 Å². The van der Waals surface area contributed by atoms with Crippen molar-refractivity contribution in [1.29, 1.82) is 0 Å².